The molecule has 0 heterocycles. The minimum atomic E-state index is -4.07. The molecule has 11 heteroatoms. The van der Waals surface area contributed by atoms with Crippen molar-refractivity contribution >= 4 is 21.8 Å². The predicted molar refractivity (Wildman–Crippen MR) is 122 cm³/mol. The van der Waals surface area contributed by atoms with E-state index < -0.39 is 33.2 Å². The van der Waals surface area contributed by atoms with Crippen molar-refractivity contribution in [3.8, 4) is 0 Å². The number of aliphatic hydroxyl groups is 1. The number of sulfonamides is 1. The number of nitrogens with zero attached hydrogens (tertiary/aromatic N) is 2. The molecule has 0 aliphatic heterocycles. The highest BCUT2D eigenvalue weighted by Crippen LogP contribution is 2.21. The van der Waals surface area contributed by atoms with Gasteiger partial charge in [0, 0.05) is 25.2 Å². The fourth-order valence-corrected chi connectivity index (χ4v) is 4.89. The Kier molecular flexibility index (Phi) is 9.32. The molecule has 0 fully saturated rings. The standard InChI is InChI=1S/C22H29N3O7S/c1-16(2)14-24(33(30,31)19-11-9-18(10-12-19)25(28)29)15-21(26)20(23-22(27)32-3)13-17-7-5-4-6-8-17/h4-12,16,20-21,26H,13-15H2,1-3H3,(H,23,27)/t20-,21+/m0/s1. The van der Waals surface area contributed by atoms with E-state index in [4.69, 9.17) is 0 Å². The van der Waals surface area contributed by atoms with Gasteiger partial charge in [0.25, 0.3) is 5.69 Å². The normalized spacial score (nSPS) is 13.5. The number of aliphatic hydroxyl groups excluding tert-OH is 1. The molecule has 0 radical (unpaired) electrons. The summed E-state index contributed by atoms with van der Waals surface area (Å²) in [4.78, 5) is 22.0. The lowest BCUT2D eigenvalue weighted by molar-refractivity contribution is -0.384. The molecule has 2 aromatic carbocycles. The highest BCUT2D eigenvalue weighted by molar-refractivity contribution is 7.89. The summed E-state index contributed by atoms with van der Waals surface area (Å²) in [7, 11) is -2.87. The average molecular weight is 480 g/mol. The van der Waals surface area contributed by atoms with Crippen molar-refractivity contribution in [2.45, 2.75) is 37.3 Å². The van der Waals surface area contributed by atoms with E-state index >= 15 is 0 Å². The van der Waals surface area contributed by atoms with Crippen LogP contribution in [0, 0.1) is 16.0 Å². The van der Waals surface area contributed by atoms with Gasteiger partial charge in [-0.05, 0) is 30.0 Å². The van der Waals surface area contributed by atoms with Crippen molar-refractivity contribution in [1.29, 1.82) is 0 Å². The fraction of sp³-hybridized carbons (Fsp3) is 0.409. The Labute approximate surface area is 193 Å². The van der Waals surface area contributed by atoms with Crippen molar-refractivity contribution in [3.63, 3.8) is 0 Å². The first-order valence-electron chi connectivity index (χ1n) is 10.4. The predicted octanol–water partition coefficient (Wildman–Crippen LogP) is 2.57. The van der Waals surface area contributed by atoms with Crippen LogP contribution >= 0.6 is 0 Å². The van der Waals surface area contributed by atoms with E-state index in [0.29, 0.717) is 0 Å². The lowest BCUT2D eigenvalue weighted by Gasteiger charge is -2.30. The molecule has 0 aliphatic rings. The van der Waals surface area contributed by atoms with Crippen LogP contribution in [0.1, 0.15) is 19.4 Å². The molecule has 1 amide bonds. The Morgan fingerprint density at radius 2 is 1.73 bits per heavy atom. The van der Waals surface area contributed by atoms with Gasteiger partial charge in [-0.15, -0.1) is 0 Å². The van der Waals surface area contributed by atoms with E-state index in [0.717, 1.165) is 22.0 Å². The summed E-state index contributed by atoms with van der Waals surface area (Å²) in [5, 5.41) is 24.4. The smallest absolute Gasteiger partial charge is 0.407 e. The van der Waals surface area contributed by atoms with Crippen molar-refractivity contribution < 1.29 is 28.0 Å². The van der Waals surface area contributed by atoms with Crippen LogP contribution in [0.15, 0.2) is 59.5 Å². The van der Waals surface area contributed by atoms with Crippen LogP contribution in [0.5, 0.6) is 0 Å². The Bertz CT molecular complexity index is 1030. The zero-order chi connectivity index (χ0) is 24.6. The Hall–Kier alpha value is -3.02. The third-order valence-electron chi connectivity index (χ3n) is 4.90. The number of amides is 1. The second kappa shape index (κ2) is 11.7. The monoisotopic (exact) mass is 479 g/mol. The lowest BCUT2D eigenvalue weighted by atomic mass is 10.0. The minimum absolute atomic E-state index is 0.0637. The van der Waals surface area contributed by atoms with Gasteiger partial charge in [0.1, 0.15) is 0 Å². The molecule has 2 aromatic rings. The molecular weight excluding hydrogens is 450 g/mol. The van der Waals surface area contributed by atoms with Gasteiger partial charge < -0.3 is 15.2 Å². The largest absolute Gasteiger partial charge is 0.453 e. The number of non-ortho nitro benzene ring substituents is 1. The number of nitro groups is 1. The van der Waals surface area contributed by atoms with Crippen molar-refractivity contribution in [2.24, 2.45) is 5.92 Å². The quantitative estimate of drug-likeness (QED) is 0.373. The van der Waals surface area contributed by atoms with E-state index in [1.165, 1.54) is 19.2 Å². The van der Waals surface area contributed by atoms with Crippen molar-refractivity contribution in [2.75, 3.05) is 20.2 Å². The van der Waals surface area contributed by atoms with E-state index in [1.54, 1.807) is 0 Å². The Morgan fingerprint density at radius 3 is 2.24 bits per heavy atom. The summed E-state index contributed by atoms with van der Waals surface area (Å²) in [6, 6.07) is 12.9. The molecule has 0 saturated carbocycles. The van der Waals surface area contributed by atoms with Gasteiger partial charge in [0.15, 0.2) is 0 Å². The number of ether oxygens (including phenoxy) is 1. The zero-order valence-electron chi connectivity index (χ0n) is 18.7. The van der Waals surface area contributed by atoms with Gasteiger partial charge in [0.05, 0.1) is 29.1 Å². The lowest BCUT2D eigenvalue weighted by Crippen LogP contribution is -2.51. The van der Waals surface area contributed by atoms with E-state index in [-0.39, 0.29) is 36.0 Å². The number of carbonyl (C=O) groups excluding carboxylic acids is 1. The molecule has 0 aromatic heterocycles. The third-order valence-corrected chi connectivity index (χ3v) is 6.74. The molecule has 2 atom stereocenters. The van der Waals surface area contributed by atoms with Gasteiger partial charge in [-0.1, -0.05) is 44.2 Å². The topological polar surface area (TPSA) is 139 Å². The van der Waals surface area contributed by atoms with Crippen LogP contribution in [0.25, 0.3) is 0 Å². The number of rotatable bonds is 11. The molecule has 0 unspecified atom stereocenters. The molecule has 33 heavy (non-hydrogen) atoms. The molecule has 10 nitrogen and oxygen atoms in total. The van der Waals surface area contributed by atoms with Crippen molar-refractivity contribution in [3.05, 3.63) is 70.3 Å². The first-order valence-corrected chi connectivity index (χ1v) is 11.8. The van der Waals surface area contributed by atoms with Gasteiger partial charge in [-0.2, -0.15) is 4.31 Å². The van der Waals surface area contributed by atoms with Gasteiger partial charge in [-0.25, -0.2) is 13.2 Å². The highest BCUT2D eigenvalue weighted by Gasteiger charge is 2.31. The van der Waals surface area contributed by atoms with Crippen LogP contribution in [-0.4, -0.2) is 61.2 Å². The number of benzene rings is 2. The summed E-state index contributed by atoms with van der Waals surface area (Å²) in [6.07, 6.45) is -1.75. The average Bonchev–Trinajstić information content (AvgIpc) is 2.78. The van der Waals surface area contributed by atoms with Gasteiger partial charge in [-0.3, -0.25) is 10.1 Å². The summed E-state index contributed by atoms with van der Waals surface area (Å²) >= 11 is 0. The van der Waals surface area contributed by atoms with Crippen LogP contribution in [0.2, 0.25) is 0 Å². The summed E-state index contributed by atoms with van der Waals surface area (Å²) in [5.74, 6) is -0.0637. The summed E-state index contributed by atoms with van der Waals surface area (Å²) in [6.45, 7) is 3.48. The molecule has 0 aliphatic carbocycles. The number of nitro benzene ring substituents is 1. The van der Waals surface area contributed by atoms with E-state index in [1.807, 2.05) is 44.2 Å². The minimum Gasteiger partial charge on any atom is -0.453 e. The van der Waals surface area contributed by atoms with Crippen molar-refractivity contribution in [1.82, 2.24) is 9.62 Å². The maximum Gasteiger partial charge on any atom is 0.407 e. The third kappa shape index (κ3) is 7.52. The van der Waals surface area contributed by atoms with Crippen LogP contribution in [-0.2, 0) is 21.2 Å². The first-order chi connectivity index (χ1) is 15.5. The number of carbonyl (C=O) groups is 1. The Morgan fingerprint density at radius 1 is 1.12 bits per heavy atom. The van der Waals surface area contributed by atoms with Crippen LogP contribution in [0.3, 0.4) is 0 Å². The summed E-state index contributed by atoms with van der Waals surface area (Å²) in [5.41, 5.74) is 0.612. The molecular formula is C22H29N3O7S. The number of methoxy groups -OCH3 is 1. The van der Waals surface area contributed by atoms with Gasteiger partial charge >= 0.3 is 6.09 Å². The fourth-order valence-electron chi connectivity index (χ4n) is 3.26. The molecule has 180 valence electrons. The zero-order valence-corrected chi connectivity index (χ0v) is 19.6. The summed E-state index contributed by atoms with van der Waals surface area (Å²) < 4.78 is 32.3. The van der Waals surface area contributed by atoms with Gasteiger partial charge in [0.2, 0.25) is 10.0 Å². The molecule has 0 bridgehead atoms. The van der Waals surface area contributed by atoms with Crippen LogP contribution in [0.4, 0.5) is 10.5 Å². The maximum absolute atomic E-state index is 13.3. The molecule has 0 spiro atoms. The molecule has 0 saturated heterocycles. The Balaban J connectivity index is 2.31. The second-order valence-electron chi connectivity index (χ2n) is 7.97. The highest BCUT2D eigenvalue weighted by atomic mass is 32.2. The van der Waals surface area contributed by atoms with E-state index in [9.17, 15) is 28.4 Å². The first kappa shape index (κ1) is 26.2. The SMILES string of the molecule is COC(=O)N[C@@H](Cc1ccccc1)[C@H](O)CN(CC(C)C)S(=O)(=O)c1ccc([N+](=O)[O-])cc1. The second-order valence-corrected chi connectivity index (χ2v) is 9.90. The molecule has 2 rings (SSSR count). The molecule has 2 N–H and O–H groups in total. The van der Waals surface area contributed by atoms with E-state index in [2.05, 4.69) is 10.1 Å². The number of alkyl carbamates (subject to hydrolysis) is 1. The maximum atomic E-state index is 13.3. The number of nitrogens with one attached hydrogen (secondary N) is 1. The van der Waals surface area contributed by atoms with Crippen LogP contribution < -0.4 is 5.32 Å². The number of hydrogen-bond acceptors (Lipinski definition) is 7. The number of hydrogen-bond donors (Lipinski definition) is 2.